The molecule has 13 heavy (non-hydrogen) atoms. The molecule has 70 valence electrons. The van der Waals surface area contributed by atoms with Gasteiger partial charge in [-0.15, -0.1) is 0 Å². The highest BCUT2D eigenvalue weighted by Gasteiger charge is 2.11. The molecule has 0 amide bonds. The van der Waals surface area contributed by atoms with E-state index in [0.29, 0.717) is 5.02 Å². The maximum atomic E-state index is 10.4. The van der Waals surface area contributed by atoms with Gasteiger partial charge in [-0.3, -0.25) is 9.78 Å². The van der Waals surface area contributed by atoms with Gasteiger partial charge < -0.3 is 10.8 Å². The molecular weight excluding hydrogens is 192 g/mol. The SMILES string of the molecule is N[C@H](Cc1cncc(Cl)c1)C(=O)O. The van der Waals surface area contributed by atoms with Crippen LogP contribution in [-0.2, 0) is 11.2 Å². The second kappa shape index (κ2) is 4.20. The van der Waals surface area contributed by atoms with Crippen molar-refractivity contribution in [1.82, 2.24) is 4.98 Å². The number of hydrogen-bond donors (Lipinski definition) is 2. The summed E-state index contributed by atoms with van der Waals surface area (Å²) < 4.78 is 0. The normalized spacial score (nSPS) is 12.5. The molecule has 1 rings (SSSR count). The van der Waals surface area contributed by atoms with Gasteiger partial charge in [-0.2, -0.15) is 0 Å². The van der Waals surface area contributed by atoms with E-state index in [-0.39, 0.29) is 6.42 Å². The van der Waals surface area contributed by atoms with Crippen molar-refractivity contribution in [3.05, 3.63) is 29.0 Å². The molecule has 0 aromatic carbocycles. The van der Waals surface area contributed by atoms with E-state index >= 15 is 0 Å². The smallest absolute Gasteiger partial charge is 0.320 e. The van der Waals surface area contributed by atoms with Gasteiger partial charge in [0.15, 0.2) is 0 Å². The molecule has 0 aliphatic rings. The van der Waals surface area contributed by atoms with E-state index in [1.807, 2.05) is 0 Å². The number of carbonyl (C=O) groups is 1. The number of aliphatic carboxylic acids is 1. The van der Waals surface area contributed by atoms with E-state index in [0.717, 1.165) is 5.56 Å². The third kappa shape index (κ3) is 3.01. The number of nitrogens with zero attached hydrogens (tertiary/aromatic N) is 1. The van der Waals surface area contributed by atoms with Crippen LogP contribution in [-0.4, -0.2) is 22.1 Å². The Labute approximate surface area is 80.3 Å². The van der Waals surface area contributed by atoms with Gasteiger partial charge in [-0.1, -0.05) is 11.6 Å². The Balaban J connectivity index is 2.69. The van der Waals surface area contributed by atoms with E-state index in [2.05, 4.69) is 4.98 Å². The fourth-order valence-electron chi connectivity index (χ4n) is 0.909. The molecule has 1 aromatic heterocycles. The van der Waals surface area contributed by atoms with Gasteiger partial charge in [0.2, 0.25) is 0 Å². The van der Waals surface area contributed by atoms with Crippen molar-refractivity contribution >= 4 is 17.6 Å². The molecule has 1 heterocycles. The Morgan fingerprint density at radius 1 is 1.69 bits per heavy atom. The molecule has 0 radical (unpaired) electrons. The zero-order chi connectivity index (χ0) is 9.84. The van der Waals surface area contributed by atoms with Crippen molar-refractivity contribution in [2.24, 2.45) is 5.73 Å². The Morgan fingerprint density at radius 3 is 2.92 bits per heavy atom. The van der Waals surface area contributed by atoms with Crippen molar-refractivity contribution in [2.75, 3.05) is 0 Å². The number of hydrogen-bond acceptors (Lipinski definition) is 3. The zero-order valence-electron chi connectivity index (χ0n) is 6.77. The van der Waals surface area contributed by atoms with Crippen LogP contribution in [0.2, 0.25) is 5.02 Å². The Bertz CT molecular complexity index is 317. The molecule has 1 aromatic rings. The van der Waals surface area contributed by atoms with Crippen LogP contribution in [0, 0.1) is 0 Å². The second-order valence-corrected chi connectivity index (χ2v) is 3.10. The fourth-order valence-corrected chi connectivity index (χ4v) is 1.11. The minimum absolute atomic E-state index is 0.239. The molecule has 4 nitrogen and oxygen atoms in total. The molecule has 5 heteroatoms. The van der Waals surface area contributed by atoms with Gasteiger partial charge >= 0.3 is 5.97 Å². The predicted octanol–water partition coefficient (Wildman–Crippen LogP) is 0.689. The average Bonchev–Trinajstić information content (AvgIpc) is 2.04. The maximum Gasteiger partial charge on any atom is 0.320 e. The fraction of sp³-hybridized carbons (Fsp3) is 0.250. The largest absolute Gasteiger partial charge is 0.480 e. The first-order valence-electron chi connectivity index (χ1n) is 3.67. The van der Waals surface area contributed by atoms with Crippen molar-refractivity contribution in [2.45, 2.75) is 12.5 Å². The van der Waals surface area contributed by atoms with Crippen LogP contribution < -0.4 is 5.73 Å². The number of pyridine rings is 1. The number of carboxylic acids is 1. The zero-order valence-corrected chi connectivity index (χ0v) is 7.53. The van der Waals surface area contributed by atoms with Crippen LogP contribution in [0.15, 0.2) is 18.5 Å². The molecule has 3 N–H and O–H groups in total. The number of carboxylic acid groups (broad SMARTS) is 1. The van der Waals surface area contributed by atoms with Gasteiger partial charge in [0.05, 0.1) is 5.02 Å². The number of rotatable bonds is 3. The van der Waals surface area contributed by atoms with Crippen LogP contribution in [0.25, 0.3) is 0 Å². The molecule has 0 unspecified atom stereocenters. The maximum absolute atomic E-state index is 10.4. The predicted molar refractivity (Wildman–Crippen MR) is 48.6 cm³/mol. The van der Waals surface area contributed by atoms with Gasteiger partial charge in [0, 0.05) is 12.4 Å². The lowest BCUT2D eigenvalue weighted by atomic mass is 10.1. The molecule has 0 saturated heterocycles. The first kappa shape index (κ1) is 9.95. The first-order valence-corrected chi connectivity index (χ1v) is 4.05. The molecule has 0 fully saturated rings. The third-order valence-electron chi connectivity index (χ3n) is 1.53. The van der Waals surface area contributed by atoms with Gasteiger partial charge in [-0.05, 0) is 18.1 Å². The number of halogens is 1. The summed E-state index contributed by atoms with van der Waals surface area (Å²) in [5.41, 5.74) is 6.05. The molecule has 0 bridgehead atoms. The van der Waals surface area contributed by atoms with Crippen LogP contribution >= 0.6 is 11.6 Å². The van der Waals surface area contributed by atoms with Crippen LogP contribution in [0.1, 0.15) is 5.56 Å². The Hall–Kier alpha value is -1.13. The second-order valence-electron chi connectivity index (χ2n) is 2.66. The lowest BCUT2D eigenvalue weighted by molar-refractivity contribution is -0.138. The lowest BCUT2D eigenvalue weighted by Gasteiger charge is -2.05. The molecular formula is C8H9ClN2O2. The van der Waals surface area contributed by atoms with E-state index in [9.17, 15) is 4.79 Å². The van der Waals surface area contributed by atoms with Gasteiger partial charge in [-0.25, -0.2) is 0 Å². The topological polar surface area (TPSA) is 76.2 Å². The standard InChI is InChI=1S/C8H9ClN2O2/c9-6-1-5(3-11-4-6)2-7(10)8(12)13/h1,3-4,7H,2,10H2,(H,12,13)/t7-/m1/s1. The molecule has 0 spiro atoms. The molecule has 1 atom stereocenters. The van der Waals surface area contributed by atoms with E-state index < -0.39 is 12.0 Å². The minimum atomic E-state index is -1.03. The van der Waals surface area contributed by atoms with E-state index in [1.54, 1.807) is 12.3 Å². The molecule has 0 saturated carbocycles. The molecule has 0 aliphatic heterocycles. The lowest BCUT2D eigenvalue weighted by Crippen LogP contribution is -2.32. The highest BCUT2D eigenvalue weighted by molar-refractivity contribution is 6.30. The summed E-state index contributed by atoms with van der Waals surface area (Å²) in [6, 6.07) is 0.748. The summed E-state index contributed by atoms with van der Waals surface area (Å²) in [4.78, 5) is 14.2. The van der Waals surface area contributed by atoms with Gasteiger partial charge in [0.1, 0.15) is 6.04 Å². The van der Waals surface area contributed by atoms with Crippen molar-refractivity contribution in [3.8, 4) is 0 Å². The van der Waals surface area contributed by atoms with E-state index in [1.165, 1.54) is 6.20 Å². The summed E-state index contributed by atoms with van der Waals surface area (Å²) in [7, 11) is 0. The monoisotopic (exact) mass is 200 g/mol. The summed E-state index contributed by atoms with van der Waals surface area (Å²) in [5.74, 6) is -1.03. The van der Waals surface area contributed by atoms with Crippen LogP contribution in [0.3, 0.4) is 0 Å². The van der Waals surface area contributed by atoms with Crippen molar-refractivity contribution in [1.29, 1.82) is 0 Å². The number of aromatic nitrogens is 1. The highest BCUT2D eigenvalue weighted by Crippen LogP contribution is 2.09. The summed E-state index contributed by atoms with van der Waals surface area (Å²) >= 11 is 5.66. The van der Waals surface area contributed by atoms with E-state index in [4.69, 9.17) is 22.4 Å². The van der Waals surface area contributed by atoms with Crippen LogP contribution in [0.4, 0.5) is 0 Å². The summed E-state index contributed by atoms with van der Waals surface area (Å²) in [6.45, 7) is 0. The van der Waals surface area contributed by atoms with Crippen molar-refractivity contribution < 1.29 is 9.90 Å². The molecule has 0 aliphatic carbocycles. The minimum Gasteiger partial charge on any atom is -0.480 e. The summed E-state index contributed by atoms with van der Waals surface area (Å²) in [5, 5.41) is 9.02. The number of nitrogens with two attached hydrogens (primary N) is 1. The third-order valence-corrected chi connectivity index (χ3v) is 1.74. The average molecular weight is 201 g/mol. The Morgan fingerprint density at radius 2 is 2.38 bits per heavy atom. The highest BCUT2D eigenvalue weighted by atomic mass is 35.5. The quantitative estimate of drug-likeness (QED) is 0.753. The first-order chi connectivity index (χ1) is 6.09. The van der Waals surface area contributed by atoms with Crippen molar-refractivity contribution in [3.63, 3.8) is 0 Å². The van der Waals surface area contributed by atoms with Gasteiger partial charge in [0.25, 0.3) is 0 Å². The van der Waals surface area contributed by atoms with Crippen LogP contribution in [0.5, 0.6) is 0 Å². The Kier molecular flexibility index (Phi) is 3.22. The summed E-state index contributed by atoms with van der Waals surface area (Å²) in [6.07, 6.45) is 3.27.